The topological polar surface area (TPSA) is 47.6 Å². The Morgan fingerprint density at radius 1 is 1.37 bits per heavy atom. The number of anilines is 1. The van der Waals surface area contributed by atoms with Crippen LogP contribution in [0.1, 0.15) is 6.42 Å². The van der Waals surface area contributed by atoms with Gasteiger partial charge in [-0.25, -0.2) is 0 Å². The molecule has 1 N–H and O–H groups in total. The number of amides is 1. The minimum Gasteiger partial charge on any atom is -0.404 e. The fraction of sp³-hybridized carbons (Fsp3) is 0.417. The van der Waals surface area contributed by atoms with Crippen molar-refractivity contribution in [3.63, 3.8) is 0 Å². The first-order valence-electron chi connectivity index (χ1n) is 5.69. The Hall–Kier alpha value is -1.76. The quantitative estimate of drug-likeness (QED) is 0.922. The lowest BCUT2D eigenvalue weighted by Crippen LogP contribution is -2.24. The van der Waals surface area contributed by atoms with Crippen LogP contribution in [-0.2, 0) is 9.53 Å². The maximum absolute atomic E-state index is 12.2. The van der Waals surface area contributed by atoms with Gasteiger partial charge in [0.05, 0.1) is 18.2 Å². The van der Waals surface area contributed by atoms with E-state index in [2.05, 4.69) is 10.1 Å². The van der Waals surface area contributed by atoms with E-state index in [4.69, 9.17) is 4.74 Å². The first kappa shape index (κ1) is 13.7. The molecule has 0 radical (unpaired) electrons. The molecule has 1 aliphatic rings. The van der Waals surface area contributed by atoms with Crippen LogP contribution in [0.15, 0.2) is 24.3 Å². The second-order valence-electron chi connectivity index (χ2n) is 4.09. The highest BCUT2D eigenvalue weighted by atomic mass is 19.4. The van der Waals surface area contributed by atoms with E-state index in [1.54, 1.807) is 0 Å². The van der Waals surface area contributed by atoms with Gasteiger partial charge in [-0.05, 0) is 18.6 Å². The molecule has 2 rings (SSSR count). The number of carbonyl (C=O) groups is 1. The lowest BCUT2D eigenvalue weighted by Gasteiger charge is -2.15. The van der Waals surface area contributed by atoms with Crippen LogP contribution in [0.4, 0.5) is 18.9 Å². The number of hydrogen-bond donors (Lipinski definition) is 1. The highest BCUT2D eigenvalue weighted by Crippen LogP contribution is 2.30. The van der Waals surface area contributed by atoms with Crippen molar-refractivity contribution in [3.05, 3.63) is 24.3 Å². The van der Waals surface area contributed by atoms with Gasteiger partial charge in [-0.15, -0.1) is 13.2 Å². The minimum atomic E-state index is -4.79. The normalized spacial score (nSPS) is 19.2. The van der Waals surface area contributed by atoms with Crippen molar-refractivity contribution in [1.82, 2.24) is 0 Å². The molecular weight excluding hydrogens is 263 g/mol. The second-order valence-corrected chi connectivity index (χ2v) is 4.09. The number of benzene rings is 1. The summed E-state index contributed by atoms with van der Waals surface area (Å²) in [6.07, 6.45) is -4.23. The van der Waals surface area contributed by atoms with Gasteiger partial charge in [0.25, 0.3) is 0 Å². The van der Waals surface area contributed by atoms with Gasteiger partial charge in [-0.3, -0.25) is 4.79 Å². The highest BCUT2D eigenvalue weighted by molar-refractivity contribution is 5.94. The van der Waals surface area contributed by atoms with Crippen molar-refractivity contribution >= 4 is 11.6 Å². The van der Waals surface area contributed by atoms with Gasteiger partial charge in [0.2, 0.25) is 5.91 Å². The van der Waals surface area contributed by atoms with Gasteiger partial charge in [0.1, 0.15) is 0 Å². The molecular formula is C12H12F3NO3. The summed E-state index contributed by atoms with van der Waals surface area (Å²) >= 11 is 0. The molecule has 1 aromatic rings. The standard InChI is InChI=1S/C12H12F3NO3/c13-12(14,15)19-10-4-2-1-3-9(10)16-11(17)8-5-6-18-7-8/h1-4,8H,5-7H2,(H,16,17). The number of para-hydroxylation sites is 2. The van der Waals surface area contributed by atoms with Crippen molar-refractivity contribution in [2.24, 2.45) is 5.92 Å². The van der Waals surface area contributed by atoms with Crippen molar-refractivity contribution in [3.8, 4) is 5.75 Å². The zero-order chi connectivity index (χ0) is 13.9. The Kier molecular flexibility index (Phi) is 3.94. The number of rotatable bonds is 3. The summed E-state index contributed by atoms with van der Waals surface area (Å²) in [5.74, 6) is -1.13. The van der Waals surface area contributed by atoms with Gasteiger partial charge < -0.3 is 14.8 Å². The summed E-state index contributed by atoms with van der Waals surface area (Å²) in [6, 6.07) is 5.42. The smallest absolute Gasteiger partial charge is 0.404 e. The third kappa shape index (κ3) is 3.85. The van der Waals surface area contributed by atoms with E-state index in [1.165, 1.54) is 18.2 Å². The third-order valence-corrected chi connectivity index (χ3v) is 2.67. The number of carbonyl (C=O) groups excluding carboxylic acids is 1. The van der Waals surface area contributed by atoms with Gasteiger partial charge in [0, 0.05) is 6.61 Å². The molecule has 1 unspecified atom stereocenters. The van der Waals surface area contributed by atoms with E-state index in [0.717, 1.165) is 6.07 Å². The fourth-order valence-electron chi connectivity index (χ4n) is 1.76. The van der Waals surface area contributed by atoms with Crippen LogP contribution in [0.5, 0.6) is 5.75 Å². The van der Waals surface area contributed by atoms with E-state index >= 15 is 0 Å². The van der Waals surface area contributed by atoms with E-state index < -0.39 is 12.1 Å². The molecule has 1 aliphatic heterocycles. The van der Waals surface area contributed by atoms with E-state index in [0.29, 0.717) is 13.0 Å². The maximum atomic E-state index is 12.2. The Balaban J connectivity index is 2.09. The van der Waals surface area contributed by atoms with Crippen molar-refractivity contribution in [2.75, 3.05) is 18.5 Å². The Labute approximate surface area is 107 Å². The molecule has 0 spiro atoms. The first-order chi connectivity index (χ1) is 8.96. The van der Waals surface area contributed by atoms with Crippen molar-refractivity contribution in [2.45, 2.75) is 12.8 Å². The van der Waals surface area contributed by atoms with E-state index in [9.17, 15) is 18.0 Å². The molecule has 4 nitrogen and oxygen atoms in total. The second kappa shape index (κ2) is 5.48. The van der Waals surface area contributed by atoms with Crippen molar-refractivity contribution < 1.29 is 27.4 Å². The van der Waals surface area contributed by atoms with E-state index in [-0.39, 0.29) is 24.1 Å². The summed E-state index contributed by atoms with van der Waals surface area (Å²) in [7, 11) is 0. The summed E-state index contributed by atoms with van der Waals surface area (Å²) in [5.41, 5.74) is -0.00303. The molecule has 1 atom stereocenters. The molecule has 0 saturated carbocycles. The van der Waals surface area contributed by atoms with Gasteiger partial charge >= 0.3 is 6.36 Å². The fourth-order valence-corrected chi connectivity index (χ4v) is 1.76. The summed E-state index contributed by atoms with van der Waals surface area (Å²) in [4.78, 5) is 11.8. The van der Waals surface area contributed by atoms with Crippen LogP contribution in [-0.4, -0.2) is 25.5 Å². The predicted octanol–water partition coefficient (Wildman–Crippen LogP) is 2.56. The average Bonchev–Trinajstić information content (AvgIpc) is 2.83. The van der Waals surface area contributed by atoms with Crippen LogP contribution in [0, 0.1) is 5.92 Å². The third-order valence-electron chi connectivity index (χ3n) is 2.67. The number of nitrogens with one attached hydrogen (secondary N) is 1. The lowest BCUT2D eigenvalue weighted by molar-refractivity contribution is -0.274. The lowest BCUT2D eigenvalue weighted by atomic mass is 10.1. The van der Waals surface area contributed by atoms with Gasteiger partial charge in [-0.2, -0.15) is 0 Å². The zero-order valence-corrected chi connectivity index (χ0v) is 9.87. The minimum absolute atomic E-state index is 0.00303. The number of alkyl halides is 3. The Bertz CT molecular complexity index is 456. The summed E-state index contributed by atoms with van der Waals surface area (Å²) < 4.78 is 45.5. The SMILES string of the molecule is O=C(Nc1ccccc1OC(F)(F)F)C1CCOC1. The van der Waals surface area contributed by atoms with Crippen LogP contribution in [0.2, 0.25) is 0 Å². The zero-order valence-electron chi connectivity index (χ0n) is 9.87. The molecule has 19 heavy (non-hydrogen) atoms. The highest BCUT2D eigenvalue weighted by Gasteiger charge is 2.32. The molecule has 0 aliphatic carbocycles. The summed E-state index contributed by atoms with van der Waals surface area (Å²) in [6.45, 7) is 0.771. The predicted molar refractivity (Wildman–Crippen MR) is 60.7 cm³/mol. The van der Waals surface area contributed by atoms with Crippen LogP contribution < -0.4 is 10.1 Å². The molecule has 1 aromatic carbocycles. The van der Waals surface area contributed by atoms with Gasteiger partial charge in [0.15, 0.2) is 5.75 Å². The molecule has 1 fully saturated rings. The monoisotopic (exact) mass is 275 g/mol. The first-order valence-corrected chi connectivity index (χ1v) is 5.69. The van der Waals surface area contributed by atoms with Crippen molar-refractivity contribution in [1.29, 1.82) is 0 Å². The number of ether oxygens (including phenoxy) is 2. The average molecular weight is 275 g/mol. The summed E-state index contributed by atoms with van der Waals surface area (Å²) in [5, 5.41) is 2.43. The molecule has 1 heterocycles. The molecule has 1 amide bonds. The van der Waals surface area contributed by atoms with Crippen LogP contribution >= 0.6 is 0 Å². The number of hydrogen-bond acceptors (Lipinski definition) is 3. The molecule has 1 saturated heterocycles. The van der Waals surface area contributed by atoms with Crippen LogP contribution in [0.25, 0.3) is 0 Å². The largest absolute Gasteiger partial charge is 0.573 e. The molecule has 0 bridgehead atoms. The Morgan fingerprint density at radius 3 is 2.74 bits per heavy atom. The molecule has 104 valence electrons. The van der Waals surface area contributed by atoms with Gasteiger partial charge in [-0.1, -0.05) is 12.1 Å². The maximum Gasteiger partial charge on any atom is 0.573 e. The molecule has 0 aromatic heterocycles. The van der Waals surface area contributed by atoms with E-state index in [1.807, 2.05) is 0 Å². The van der Waals surface area contributed by atoms with Crippen LogP contribution in [0.3, 0.4) is 0 Å². The Morgan fingerprint density at radius 2 is 2.11 bits per heavy atom. The number of halogens is 3. The molecule has 7 heteroatoms.